The molecule has 156 valence electrons. The molecular weight excluding hydrogens is 378 g/mol. The molecule has 1 aliphatic rings. The maximum absolute atomic E-state index is 13.0. The summed E-state index contributed by atoms with van der Waals surface area (Å²) in [5.41, 5.74) is 5.52. The fraction of sp³-hybridized carbons (Fsp3) is 0.348. The van der Waals surface area contributed by atoms with Crippen LogP contribution in [-0.2, 0) is 4.79 Å². The molecule has 3 aromatic rings. The second-order valence-electron chi connectivity index (χ2n) is 7.99. The number of amides is 2. The number of aromatic nitrogens is 2. The van der Waals surface area contributed by atoms with E-state index in [1.165, 1.54) is 0 Å². The number of anilines is 1. The first-order valence-corrected chi connectivity index (χ1v) is 10.2. The van der Waals surface area contributed by atoms with Crippen LogP contribution in [-0.4, -0.2) is 64.5 Å². The number of rotatable bonds is 4. The smallest absolute Gasteiger partial charge is 0.275 e. The number of benzene rings is 2. The monoisotopic (exact) mass is 405 g/mol. The fourth-order valence-electron chi connectivity index (χ4n) is 3.83. The van der Waals surface area contributed by atoms with Gasteiger partial charge in [0.2, 0.25) is 5.91 Å². The van der Waals surface area contributed by atoms with Crippen LogP contribution in [0.3, 0.4) is 0 Å². The van der Waals surface area contributed by atoms with E-state index < -0.39 is 0 Å². The number of hydrogen-bond donors (Lipinski definition) is 2. The summed E-state index contributed by atoms with van der Waals surface area (Å²) in [6.45, 7) is 8.84. The highest BCUT2D eigenvalue weighted by molar-refractivity contribution is 6.04. The zero-order valence-electron chi connectivity index (χ0n) is 17.7. The predicted molar refractivity (Wildman–Crippen MR) is 118 cm³/mol. The molecule has 1 aliphatic heterocycles. The lowest BCUT2D eigenvalue weighted by Gasteiger charge is -2.34. The molecule has 1 aromatic heterocycles. The number of aryl methyl sites for hydroxylation is 2. The Kier molecular flexibility index (Phi) is 5.55. The van der Waals surface area contributed by atoms with Crippen LogP contribution in [0.1, 0.15) is 27.2 Å². The van der Waals surface area contributed by atoms with Crippen LogP contribution in [0, 0.1) is 20.8 Å². The van der Waals surface area contributed by atoms with Gasteiger partial charge in [-0.1, -0.05) is 23.8 Å². The number of H-pyrrole nitrogens is 1. The Hall–Kier alpha value is -3.19. The van der Waals surface area contributed by atoms with Crippen LogP contribution >= 0.6 is 0 Å². The number of hydrogen-bond acceptors (Lipinski definition) is 4. The van der Waals surface area contributed by atoms with Crippen molar-refractivity contribution >= 4 is 28.4 Å². The van der Waals surface area contributed by atoms with Crippen molar-refractivity contribution in [2.24, 2.45) is 0 Å². The molecule has 1 fully saturated rings. The first-order valence-electron chi connectivity index (χ1n) is 10.2. The lowest BCUT2D eigenvalue weighted by Crippen LogP contribution is -2.50. The maximum Gasteiger partial charge on any atom is 0.275 e. The number of nitrogens with zero attached hydrogens (tertiary/aromatic N) is 3. The first kappa shape index (κ1) is 20.1. The van der Waals surface area contributed by atoms with Gasteiger partial charge in [0.15, 0.2) is 5.69 Å². The second-order valence-corrected chi connectivity index (χ2v) is 7.99. The van der Waals surface area contributed by atoms with Gasteiger partial charge >= 0.3 is 0 Å². The number of aromatic amines is 1. The molecule has 0 atom stereocenters. The standard InChI is InChI=1S/C23H27N5O2/c1-15-7-8-20-18(13-15)22(26-25-20)23(30)28-11-9-27(10-12-28)14-21(29)24-19-6-4-5-16(2)17(19)3/h4-8,13H,9-12,14H2,1-3H3,(H,24,29)(H,25,26). The van der Waals surface area contributed by atoms with Gasteiger partial charge in [0.1, 0.15) is 0 Å². The van der Waals surface area contributed by atoms with Gasteiger partial charge < -0.3 is 10.2 Å². The van der Waals surface area contributed by atoms with Crippen LogP contribution in [0.4, 0.5) is 5.69 Å². The van der Waals surface area contributed by atoms with E-state index in [4.69, 9.17) is 0 Å². The maximum atomic E-state index is 13.0. The Morgan fingerprint density at radius 2 is 1.83 bits per heavy atom. The highest BCUT2D eigenvalue weighted by atomic mass is 16.2. The van der Waals surface area contributed by atoms with Gasteiger partial charge in [0, 0.05) is 37.3 Å². The van der Waals surface area contributed by atoms with Crippen molar-refractivity contribution in [2.75, 3.05) is 38.0 Å². The van der Waals surface area contributed by atoms with Gasteiger partial charge in [-0.15, -0.1) is 0 Å². The Labute approximate surface area is 176 Å². The molecule has 7 heteroatoms. The van der Waals surface area contributed by atoms with Crippen LogP contribution in [0.2, 0.25) is 0 Å². The summed E-state index contributed by atoms with van der Waals surface area (Å²) in [6, 6.07) is 11.8. The molecule has 0 bridgehead atoms. The fourth-order valence-corrected chi connectivity index (χ4v) is 3.83. The van der Waals surface area contributed by atoms with Crippen LogP contribution in [0.25, 0.3) is 10.9 Å². The third-order valence-corrected chi connectivity index (χ3v) is 5.83. The number of piperazine rings is 1. The molecular formula is C23H27N5O2. The molecule has 0 unspecified atom stereocenters. The minimum atomic E-state index is -0.0636. The molecule has 30 heavy (non-hydrogen) atoms. The molecule has 0 aliphatic carbocycles. The van der Waals surface area contributed by atoms with Crippen molar-refractivity contribution in [3.05, 3.63) is 58.8 Å². The summed E-state index contributed by atoms with van der Waals surface area (Å²) in [5, 5.41) is 11.0. The van der Waals surface area contributed by atoms with Crippen LogP contribution < -0.4 is 5.32 Å². The lowest BCUT2D eigenvalue weighted by molar-refractivity contribution is -0.117. The van der Waals surface area contributed by atoms with Gasteiger partial charge in [0.25, 0.3) is 5.91 Å². The van der Waals surface area contributed by atoms with E-state index in [9.17, 15) is 9.59 Å². The summed E-state index contributed by atoms with van der Waals surface area (Å²) in [7, 11) is 0. The topological polar surface area (TPSA) is 81.3 Å². The third-order valence-electron chi connectivity index (χ3n) is 5.83. The van der Waals surface area contributed by atoms with Crippen LogP contribution in [0.15, 0.2) is 36.4 Å². The number of nitrogens with one attached hydrogen (secondary N) is 2. The molecule has 0 radical (unpaired) electrons. The zero-order valence-corrected chi connectivity index (χ0v) is 17.7. The van der Waals surface area contributed by atoms with Gasteiger partial charge in [0.05, 0.1) is 12.1 Å². The molecule has 2 aromatic carbocycles. The van der Waals surface area contributed by atoms with Gasteiger partial charge in [-0.25, -0.2) is 0 Å². The quantitative estimate of drug-likeness (QED) is 0.699. The summed E-state index contributed by atoms with van der Waals surface area (Å²) in [4.78, 5) is 29.3. The van der Waals surface area contributed by atoms with E-state index >= 15 is 0 Å². The Bertz CT molecular complexity index is 1100. The van der Waals surface area contributed by atoms with Crippen molar-refractivity contribution in [2.45, 2.75) is 20.8 Å². The number of carbonyl (C=O) groups is 2. The largest absolute Gasteiger partial charge is 0.335 e. The normalized spacial score (nSPS) is 14.8. The molecule has 2 heterocycles. The van der Waals surface area contributed by atoms with Crippen molar-refractivity contribution in [3.63, 3.8) is 0 Å². The van der Waals surface area contributed by atoms with E-state index in [2.05, 4.69) is 20.4 Å². The minimum Gasteiger partial charge on any atom is -0.335 e. The van der Waals surface area contributed by atoms with Crippen molar-refractivity contribution < 1.29 is 9.59 Å². The van der Waals surface area contributed by atoms with E-state index in [0.29, 0.717) is 38.4 Å². The predicted octanol–water partition coefficient (Wildman–Crippen LogP) is 2.88. The molecule has 7 nitrogen and oxygen atoms in total. The summed E-state index contributed by atoms with van der Waals surface area (Å²) < 4.78 is 0. The molecule has 0 spiro atoms. The van der Waals surface area contributed by atoms with E-state index in [0.717, 1.165) is 33.3 Å². The third kappa shape index (κ3) is 4.07. The summed E-state index contributed by atoms with van der Waals surface area (Å²) in [5.74, 6) is -0.0939. The molecule has 0 saturated carbocycles. The van der Waals surface area contributed by atoms with E-state index in [-0.39, 0.29) is 11.8 Å². The number of fused-ring (bicyclic) bond motifs is 1. The summed E-state index contributed by atoms with van der Waals surface area (Å²) in [6.07, 6.45) is 0. The first-order chi connectivity index (χ1) is 14.4. The van der Waals surface area contributed by atoms with E-state index in [1.807, 2.05) is 62.1 Å². The lowest BCUT2D eigenvalue weighted by atomic mass is 10.1. The van der Waals surface area contributed by atoms with Gasteiger partial charge in [-0.2, -0.15) is 5.10 Å². The molecule has 4 rings (SSSR count). The molecule has 2 amide bonds. The van der Waals surface area contributed by atoms with Crippen LogP contribution in [0.5, 0.6) is 0 Å². The SMILES string of the molecule is Cc1ccc2[nH]nc(C(=O)N3CCN(CC(=O)Nc4cccc(C)c4C)CC3)c2c1. The average Bonchev–Trinajstić information content (AvgIpc) is 3.14. The highest BCUT2D eigenvalue weighted by Gasteiger charge is 2.26. The number of carbonyl (C=O) groups excluding carboxylic acids is 2. The molecule has 1 saturated heterocycles. The second kappa shape index (κ2) is 8.28. The Morgan fingerprint density at radius 3 is 2.60 bits per heavy atom. The highest BCUT2D eigenvalue weighted by Crippen LogP contribution is 2.20. The van der Waals surface area contributed by atoms with Crippen molar-refractivity contribution in [1.29, 1.82) is 0 Å². The minimum absolute atomic E-state index is 0.0303. The Balaban J connectivity index is 1.34. The van der Waals surface area contributed by atoms with Gasteiger partial charge in [-0.05, 0) is 50.1 Å². The van der Waals surface area contributed by atoms with Gasteiger partial charge in [-0.3, -0.25) is 19.6 Å². The van der Waals surface area contributed by atoms with E-state index in [1.54, 1.807) is 0 Å². The molecule has 2 N–H and O–H groups in total. The average molecular weight is 406 g/mol. The van der Waals surface area contributed by atoms with Crippen molar-refractivity contribution in [1.82, 2.24) is 20.0 Å². The van der Waals surface area contributed by atoms with Crippen molar-refractivity contribution in [3.8, 4) is 0 Å². The summed E-state index contributed by atoms with van der Waals surface area (Å²) >= 11 is 0. The zero-order chi connectivity index (χ0) is 21.3. The Morgan fingerprint density at radius 1 is 1.07 bits per heavy atom.